The molecule has 1 rings (SSSR count). The van der Waals surface area contributed by atoms with Crippen molar-refractivity contribution in [2.24, 2.45) is 0 Å². The van der Waals surface area contributed by atoms with Crippen LogP contribution in [0.1, 0.15) is 71.1 Å². The van der Waals surface area contributed by atoms with E-state index in [1.165, 1.54) is 25.7 Å². The second kappa shape index (κ2) is 16.1. The second-order valence-electron chi connectivity index (χ2n) is 6.97. The third kappa shape index (κ3) is 15.2. The molecule has 1 aliphatic heterocycles. The second-order valence-corrected chi connectivity index (χ2v) is 8.16. The molecule has 0 aliphatic carbocycles. The molecule has 0 aromatic rings. The van der Waals surface area contributed by atoms with Crippen LogP contribution in [0.3, 0.4) is 0 Å². The molecule has 162 valence electrons. The minimum absolute atomic E-state index is 0.200. The summed E-state index contributed by atoms with van der Waals surface area (Å²) in [5, 5.41) is 0. The topological polar surface area (TPSA) is 88.1 Å². The number of rotatable bonds is 16. The van der Waals surface area contributed by atoms with Gasteiger partial charge in [0, 0.05) is 0 Å². The summed E-state index contributed by atoms with van der Waals surface area (Å²) >= 11 is 0. The fourth-order valence-electron chi connectivity index (χ4n) is 2.90. The van der Waals surface area contributed by atoms with Gasteiger partial charge in [0.15, 0.2) is 6.29 Å². The van der Waals surface area contributed by atoms with Gasteiger partial charge in [-0.3, -0.25) is 4.57 Å². The van der Waals surface area contributed by atoms with Crippen molar-refractivity contribution in [1.82, 2.24) is 0 Å². The van der Waals surface area contributed by atoms with Crippen LogP contribution in [0.4, 0.5) is 0 Å². The predicted molar refractivity (Wildman–Crippen MR) is 110 cm³/mol. The Balaban J connectivity index is 1.87. The van der Waals surface area contributed by atoms with Crippen LogP contribution in [0.25, 0.3) is 0 Å². The first-order chi connectivity index (χ1) is 13.5. The monoisotopic (exact) mass is 415 g/mol. The Morgan fingerprint density at radius 2 is 1.68 bits per heavy atom. The lowest BCUT2D eigenvalue weighted by atomic mass is 10.1. The molecule has 1 fully saturated rings. The normalized spacial score (nSPS) is 22.7. The van der Waals surface area contributed by atoms with Gasteiger partial charge >= 0.3 is 0 Å². The van der Waals surface area contributed by atoms with Crippen LogP contribution >= 0.6 is 7.82 Å². The summed E-state index contributed by atoms with van der Waals surface area (Å²) < 4.78 is 25.9. The molecular weight excluding hydrogens is 379 g/mol. The maximum atomic E-state index is 10.6. The molecule has 0 spiro atoms. The molecule has 0 saturated carbocycles. The molecule has 3 atom stereocenters. The zero-order valence-electron chi connectivity index (χ0n) is 17.0. The third-order valence-corrected chi connectivity index (χ3v) is 4.89. The molecule has 1 N–H and O–H groups in total. The molecule has 6 nitrogen and oxygen atoms in total. The quantitative estimate of drug-likeness (QED) is 0.221. The van der Waals surface area contributed by atoms with Gasteiger partial charge in [-0.05, 0) is 45.4 Å². The van der Waals surface area contributed by atoms with Crippen LogP contribution in [-0.2, 0) is 18.6 Å². The van der Waals surface area contributed by atoms with Crippen molar-refractivity contribution in [3.05, 3.63) is 36.5 Å². The lowest BCUT2D eigenvalue weighted by Crippen LogP contribution is -2.20. The molecule has 0 amide bonds. The average molecular weight is 415 g/mol. The summed E-state index contributed by atoms with van der Waals surface area (Å²) in [5.41, 5.74) is 0. The highest BCUT2D eigenvalue weighted by Gasteiger charge is 2.26. The number of phosphoric ester groups is 1. The Kier molecular flexibility index (Phi) is 14.5. The lowest BCUT2D eigenvalue weighted by Gasteiger charge is -2.17. The van der Waals surface area contributed by atoms with E-state index < -0.39 is 13.9 Å². The van der Waals surface area contributed by atoms with Crippen molar-refractivity contribution in [3.63, 3.8) is 0 Å². The number of phosphoric acid groups is 1. The standard InChI is InChI=1S/C21H37O6P/c1-2-3-4-5-6-7-8-9-10-11-12-13-14-15-16-17-21-25-18-20(27-21)19-26-28(22,23)24/h2-3,5-6,8-9,20-21H,4,7,10-19H2,1H3,(H2,22,23,24)/p-1/b3-2+,6-5+,9-8+. The van der Waals surface area contributed by atoms with Crippen molar-refractivity contribution >= 4 is 7.82 Å². The summed E-state index contributed by atoms with van der Waals surface area (Å²) in [4.78, 5) is 19.1. The molecular formula is C21H36O6P-. The Morgan fingerprint density at radius 1 is 1.04 bits per heavy atom. The number of unbranched alkanes of at least 4 members (excludes halogenated alkanes) is 6. The van der Waals surface area contributed by atoms with Crippen LogP contribution < -0.4 is 4.89 Å². The predicted octanol–water partition coefficient (Wildman–Crippen LogP) is 4.79. The number of hydrogen-bond acceptors (Lipinski definition) is 5. The minimum Gasteiger partial charge on any atom is -0.756 e. The molecule has 28 heavy (non-hydrogen) atoms. The minimum atomic E-state index is -4.69. The van der Waals surface area contributed by atoms with E-state index in [-0.39, 0.29) is 12.9 Å². The third-order valence-electron chi connectivity index (χ3n) is 4.41. The first-order valence-electron chi connectivity index (χ1n) is 10.4. The van der Waals surface area contributed by atoms with Crippen LogP contribution in [0.5, 0.6) is 0 Å². The molecule has 0 aromatic heterocycles. The molecule has 3 unspecified atom stereocenters. The van der Waals surface area contributed by atoms with Crippen molar-refractivity contribution < 1.29 is 28.3 Å². The Hall–Kier alpha value is -0.750. The van der Waals surface area contributed by atoms with Crippen LogP contribution in [0.2, 0.25) is 0 Å². The molecule has 0 aromatic carbocycles. The highest BCUT2D eigenvalue weighted by Crippen LogP contribution is 2.31. The molecule has 0 radical (unpaired) electrons. The van der Waals surface area contributed by atoms with E-state index in [1.807, 2.05) is 6.92 Å². The lowest BCUT2D eigenvalue weighted by molar-refractivity contribution is -0.222. The number of hydrogen-bond donors (Lipinski definition) is 1. The first-order valence-corrected chi connectivity index (χ1v) is 11.9. The first kappa shape index (κ1) is 25.3. The smallest absolute Gasteiger partial charge is 0.265 e. The van der Waals surface area contributed by atoms with Gasteiger partial charge in [0.2, 0.25) is 0 Å². The summed E-state index contributed by atoms with van der Waals surface area (Å²) in [5.74, 6) is 0. The summed E-state index contributed by atoms with van der Waals surface area (Å²) in [6.45, 7) is 2.13. The SMILES string of the molecule is C/C=C/C/C=C/C/C=C/CCCCCCCCC1OCC(COP(=O)([O-])O)O1. The highest BCUT2D eigenvalue weighted by molar-refractivity contribution is 7.44. The van der Waals surface area contributed by atoms with Gasteiger partial charge in [0.25, 0.3) is 7.82 Å². The number of allylic oxidation sites excluding steroid dienone is 6. The van der Waals surface area contributed by atoms with E-state index in [4.69, 9.17) is 14.4 Å². The van der Waals surface area contributed by atoms with Crippen LogP contribution in [0.15, 0.2) is 36.5 Å². The van der Waals surface area contributed by atoms with Gasteiger partial charge in [-0.25, -0.2) is 0 Å². The zero-order chi connectivity index (χ0) is 20.5. The summed E-state index contributed by atoms with van der Waals surface area (Å²) in [7, 11) is -4.69. The van der Waals surface area contributed by atoms with Crippen molar-refractivity contribution in [1.29, 1.82) is 0 Å². The maximum absolute atomic E-state index is 10.6. The van der Waals surface area contributed by atoms with E-state index in [0.29, 0.717) is 6.61 Å². The van der Waals surface area contributed by atoms with Gasteiger partial charge in [-0.2, -0.15) is 0 Å². The van der Waals surface area contributed by atoms with Crippen LogP contribution in [-0.4, -0.2) is 30.5 Å². The molecule has 7 heteroatoms. The zero-order valence-corrected chi connectivity index (χ0v) is 17.9. The molecule has 1 aliphatic rings. The van der Waals surface area contributed by atoms with Gasteiger partial charge in [0.1, 0.15) is 6.10 Å². The van der Waals surface area contributed by atoms with Gasteiger partial charge < -0.3 is 23.8 Å². The highest BCUT2D eigenvalue weighted by atomic mass is 31.2. The van der Waals surface area contributed by atoms with E-state index in [9.17, 15) is 9.46 Å². The summed E-state index contributed by atoms with van der Waals surface area (Å²) in [6.07, 6.45) is 23.5. The maximum Gasteiger partial charge on any atom is 0.265 e. The van der Waals surface area contributed by atoms with Gasteiger partial charge in [-0.1, -0.05) is 62.1 Å². The Bertz CT molecular complexity index is 511. The van der Waals surface area contributed by atoms with E-state index in [1.54, 1.807) is 0 Å². The van der Waals surface area contributed by atoms with Crippen molar-refractivity contribution in [3.8, 4) is 0 Å². The Morgan fingerprint density at radius 3 is 2.39 bits per heavy atom. The molecule has 1 heterocycles. The van der Waals surface area contributed by atoms with Gasteiger partial charge in [0.05, 0.1) is 13.2 Å². The summed E-state index contributed by atoms with van der Waals surface area (Å²) in [6, 6.07) is 0. The molecule has 0 bridgehead atoms. The van der Waals surface area contributed by atoms with Crippen LogP contribution in [0, 0.1) is 0 Å². The fourth-order valence-corrected chi connectivity index (χ4v) is 3.26. The average Bonchev–Trinajstić information content (AvgIpc) is 3.10. The van der Waals surface area contributed by atoms with E-state index >= 15 is 0 Å². The fraction of sp³-hybridized carbons (Fsp3) is 0.714. The molecule has 1 saturated heterocycles. The van der Waals surface area contributed by atoms with E-state index in [0.717, 1.165) is 38.5 Å². The van der Waals surface area contributed by atoms with E-state index in [2.05, 4.69) is 41.0 Å². The largest absolute Gasteiger partial charge is 0.756 e. The van der Waals surface area contributed by atoms with Crippen molar-refractivity contribution in [2.45, 2.75) is 83.5 Å². The van der Waals surface area contributed by atoms with Crippen molar-refractivity contribution in [2.75, 3.05) is 13.2 Å². The number of ether oxygens (including phenoxy) is 2. The van der Waals surface area contributed by atoms with Gasteiger partial charge in [-0.15, -0.1) is 0 Å². The Labute approximate surface area is 169 Å².